The SMILES string of the molecule is CC(C)(C)OC(=O)NC(Cc1ccc(OCc2ccccc2)cc1)C(=O)OC1CN2CCC1CC2. The van der Waals surface area contributed by atoms with Crippen LogP contribution in [0.2, 0.25) is 0 Å². The zero-order valence-corrected chi connectivity index (χ0v) is 20.9. The molecule has 7 nitrogen and oxygen atoms in total. The molecule has 3 aliphatic rings. The van der Waals surface area contributed by atoms with E-state index in [0.717, 1.165) is 49.4 Å². The van der Waals surface area contributed by atoms with Crippen LogP contribution in [0.15, 0.2) is 54.6 Å². The minimum atomic E-state index is -0.837. The minimum Gasteiger partial charge on any atom is -0.489 e. The number of nitrogens with zero attached hydrogens (tertiary/aromatic N) is 1. The number of hydrogen-bond acceptors (Lipinski definition) is 6. The van der Waals surface area contributed by atoms with Gasteiger partial charge in [-0.3, -0.25) is 4.90 Å². The molecule has 0 aromatic heterocycles. The van der Waals surface area contributed by atoms with Crippen molar-refractivity contribution < 1.29 is 23.8 Å². The van der Waals surface area contributed by atoms with Crippen LogP contribution in [0, 0.1) is 5.92 Å². The standard InChI is InChI=1S/C28H36N2O5/c1-28(2,3)35-27(32)29-24(26(31)34-25-18-30-15-13-22(25)14-16-30)17-20-9-11-23(12-10-20)33-19-21-7-5-4-6-8-21/h4-12,22,24-25H,13-19H2,1-3H3,(H,29,32). The highest BCUT2D eigenvalue weighted by atomic mass is 16.6. The highest BCUT2D eigenvalue weighted by Crippen LogP contribution is 2.30. The first-order valence-electron chi connectivity index (χ1n) is 12.4. The lowest BCUT2D eigenvalue weighted by atomic mass is 9.86. The lowest BCUT2D eigenvalue weighted by Crippen LogP contribution is -2.54. The van der Waals surface area contributed by atoms with Gasteiger partial charge in [0.25, 0.3) is 0 Å². The highest BCUT2D eigenvalue weighted by Gasteiger charge is 2.38. The fraction of sp³-hybridized carbons (Fsp3) is 0.500. The molecule has 3 saturated heterocycles. The molecule has 0 aliphatic carbocycles. The molecule has 188 valence electrons. The van der Waals surface area contributed by atoms with Crippen LogP contribution in [-0.2, 0) is 27.3 Å². The average molecular weight is 481 g/mol. The summed E-state index contributed by atoms with van der Waals surface area (Å²) in [5.74, 6) is 0.718. The number of piperidine rings is 3. The van der Waals surface area contributed by atoms with Crippen molar-refractivity contribution in [2.45, 2.75) is 64.4 Å². The summed E-state index contributed by atoms with van der Waals surface area (Å²) in [6, 6.07) is 16.7. The molecule has 0 radical (unpaired) electrons. The van der Waals surface area contributed by atoms with E-state index in [1.54, 1.807) is 20.8 Å². The average Bonchev–Trinajstić information content (AvgIpc) is 2.83. The van der Waals surface area contributed by atoms with Crippen LogP contribution in [-0.4, -0.2) is 54.3 Å². The van der Waals surface area contributed by atoms with Crippen molar-refractivity contribution in [1.82, 2.24) is 10.2 Å². The highest BCUT2D eigenvalue weighted by molar-refractivity contribution is 5.82. The Morgan fingerprint density at radius 2 is 1.69 bits per heavy atom. The van der Waals surface area contributed by atoms with E-state index in [1.165, 1.54) is 0 Å². The predicted molar refractivity (Wildman–Crippen MR) is 133 cm³/mol. The van der Waals surface area contributed by atoms with Crippen LogP contribution in [0.1, 0.15) is 44.7 Å². The topological polar surface area (TPSA) is 77.1 Å². The number of ether oxygens (including phenoxy) is 3. The number of fused-ring (bicyclic) bond motifs is 3. The molecule has 2 unspecified atom stereocenters. The second kappa shape index (κ2) is 11.1. The van der Waals surface area contributed by atoms with Gasteiger partial charge in [0, 0.05) is 13.0 Å². The first-order chi connectivity index (χ1) is 16.7. The van der Waals surface area contributed by atoms with Gasteiger partial charge in [-0.25, -0.2) is 9.59 Å². The van der Waals surface area contributed by atoms with Crippen LogP contribution < -0.4 is 10.1 Å². The molecule has 3 aliphatic heterocycles. The molecule has 3 fully saturated rings. The van der Waals surface area contributed by atoms with Gasteiger partial charge in [0.05, 0.1) is 0 Å². The number of rotatable bonds is 8. The Balaban J connectivity index is 1.39. The molecule has 5 rings (SSSR count). The van der Waals surface area contributed by atoms with E-state index in [2.05, 4.69) is 10.2 Å². The first-order valence-corrected chi connectivity index (χ1v) is 12.4. The largest absolute Gasteiger partial charge is 0.489 e. The maximum absolute atomic E-state index is 13.2. The van der Waals surface area contributed by atoms with Gasteiger partial charge >= 0.3 is 12.1 Å². The van der Waals surface area contributed by atoms with Gasteiger partial charge in [-0.05, 0) is 75.9 Å². The summed E-state index contributed by atoms with van der Waals surface area (Å²) in [6.45, 7) is 8.76. The Labute approximate surface area is 207 Å². The number of benzene rings is 2. The van der Waals surface area contributed by atoms with Gasteiger partial charge in [-0.1, -0.05) is 42.5 Å². The van der Waals surface area contributed by atoms with E-state index in [4.69, 9.17) is 14.2 Å². The van der Waals surface area contributed by atoms with E-state index in [0.29, 0.717) is 18.9 Å². The zero-order chi connectivity index (χ0) is 24.8. The van der Waals surface area contributed by atoms with Gasteiger partial charge in [0.15, 0.2) is 0 Å². The normalized spacial score (nSPS) is 22.2. The van der Waals surface area contributed by atoms with Crippen molar-refractivity contribution in [3.63, 3.8) is 0 Å². The van der Waals surface area contributed by atoms with Crippen molar-refractivity contribution in [3.8, 4) is 5.75 Å². The van der Waals surface area contributed by atoms with Gasteiger partial charge < -0.3 is 19.5 Å². The summed E-state index contributed by atoms with van der Waals surface area (Å²) >= 11 is 0. The molecule has 2 aromatic carbocycles. The second-order valence-electron chi connectivity index (χ2n) is 10.4. The Kier molecular flexibility index (Phi) is 7.96. The lowest BCUT2D eigenvalue weighted by molar-refractivity contribution is -0.161. The summed E-state index contributed by atoms with van der Waals surface area (Å²) in [4.78, 5) is 28.0. The number of amides is 1. The number of carbonyl (C=O) groups is 2. The van der Waals surface area contributed by atoms with E-state index in [9.17, 15) is 9.59 Å². The molecule has 7 heteroatoms. The van der Waals surface area contributed by atoms with Gasteiger partial charge in [-0.15, -0.1) is 0 Å². The molecule has 2 aromatic rings. The van der Waals surface area contributed by atoms with Gasteiger partial charge in [-0.2, -0.15) is 0 Å². The minimum absolute atomic E-state index is 0.123. The van der Waals surface area contributed by atoms with E-state index in [-0.39, 0.29) is 6.10 Å². The van der Waals surface area contributed by atoms with E-state index < -0.39 is 23.7 Å². The number of carbonyl (C=O) groups excluding carboxylic acids is 2. The third-order valence-corrected chi connectivity index (χ3v) is 6.45. The smallest absolute Gasteiger partial charge is 0.408 e. The zero-order valence-electron chi connectivity index (χ0n) is 20.9. The second-order valence-corrected chi connectivity index (χ2v) is 10.4. The fourth-order valence-electron chi connectivity index (χ4n) is 4.62. The molecule has 1 N–H and O–H groups in total. The summed E-state index contributed by atoms with van der Waals surface area (Å²) in [6.07, 6.45) is 1.65. The number of alkyl carbamates (subject to hydrolysis) is 1. The van der Waals surface area contributed by atoms with Crippen LogP contribution in [0.4, 0.5) is 4.79 Å². The number of hydrogen-bond donors (Lipinski definition) is 1. The molecule has 2 bridgehead atoms. The maximum atomic E-state index is 13.2. The summed E-state index contributed by atoms with van der Waals surface area (Å²) in [7, 11) is 0. The van der Waals surface area contributed by atoms with Crippen molar-refractivity contribution in [2.24, 2.45) is 5.92 Å². The third-order valence-electron chi connectivity index (χ3n) is 6.45. The molecule has 35 heavy (non-hydrogen) atoms. The van der Waals surface area contributed by atoms with E-state index >= 15 is 0 Å². The van der Waals surface area contributed by atoms with Crippen LogP contribution in [0.25, 0.3) is 0 Å². The third kappa shape index (κ3) is 7.46. The van der Waals surface area contributed by atoms with Crippen molar-refractivity contribution in [1.29, 1.82) is 0 Å². The van der Waals surface area contributed by atoms with Crippen LogP contribution in [0.3, 0.4) is 0 Å². The molecular weight excluding hydrogens is 444 g/mol. The molecule has 3 heterocycles. The Morgan fingerprint density at radius 3 is 2.29 bits per heavy atom. The first kappa shape index (κ1) is 25.0. The molecule has 0 spiro atoms. The van der Waals surface area contributed by atoms with Crippen molar-refractivity contribution in [2.75, 3.05) is 19.6 Å². The number of nitrogens with one attached hydrogen (secondary N) is 1. The van der Waals surface area contributed by atoms with Gasteiger partial charge in [0.2, 0.25) is 0 Å². The van der Waals surface area contributed by atoms with Crippen LogP contribution >= 0.6 is 0 Å². The molecular formula is C28H36N2O5. The monoisotopic (exact) mass is 480 g/mol. The predicted octanol–water partition coefficient (Wildman–Crippen LogP) is 4.34. The molecule has 2 atom stereocenters. The summed E-state index contributed by atoms with van der Waals surface area (Å²) in [5, 5.41) is 2.74. The van der Waals surface area contributed by atoms with Crippen molar-refractivity contribution >= 4 is 12.1 Å². The summed E-state index contributed by atoms with van der Waals surface area (Å²) < 4.78 is 17.2. The van der Waals surface area contributed by atoms with Gasteiger partial charge in [0.1, 0.15) is 30.1 Å². The number of esters is 1. The Morgan fingerprint density at radius 1 is 1.00 bits per heavy atom. The van der Waals surface area contributed by atoms with E-state index in [1.807, 2.05) is 54.6 Å². The molecule has 0 saturated carbocycles. The Hall–Kier alpha value is -3.06. The summed E-state index contributed by atoms with van der Waals surface area (Å²) in [5.41, 5.74) is 1.32. The fourth-order valence-corrected chi connectivity index (χ4v) is 4.62. The molecule has 1 amide bonds. The van der Waals surface area contributed by atoms with Crippen LogP contribution in [0.5, 0.6) is 5.75 Å². The quantitative estimate of drug-likeness (QED) is 0.567. The maximum Gasteiger partial charge on any atom is 0.408 e. The lowest BCUT2D eigenvalue weighted by Gasteiger charge is -2.44. The Bertz CT molecular complexity index is 979. The van der Waals surface area contributed by atoms with Crippen molar-refractivity contribution in [3.05, 3.63) is 65.7 Å².